The van der Waals surface area contributed by atoms with Crippen LogP contribution < -0.4 is 5.73 Å². The largest absolute Gasteiger partial charge is 0.410 e. The third-order valence-corrected chi connectivity index (χ3v) is 1.34. The van der Waals surface area contributed by atoms with E-state index in [9.17, 15) is 0 Å². The predicted molar refractivity (Wildman–Crippen MR) is 50.7 cm³/mol. The van der Waals surface area contributed by atoms with Crippen molar-refractivity contribution in [3.63, 3.8) is 0 Å². The van der Waals surface area contributed by atoms with Gasteiger partial charge in [0.1, 0.15) is 0 Å². The van der Waals surface area contributed by atoms with Crippen LogP contribution in [-0.4, -0.2) is 16.2 Å². The quantitative estimate of drug-likeness (QED) is 0.306. The zero-order valence-corrected chi connectivity index (χ0v) is 7.62. The lowest BCUT2D eigenvalue weighted by atomic mass is 10.3. The van der Waals surface area contributed by atoms with E-state index >= 15 is 0 Å². The van der Waals surface area contributed by atoms with Gasteiger partial charge >= 0.3 is 0 Å². The van der Waals surface area contributed by atoms with E-state index in [1.54, 1.807) is 0 Å². The van der Waals surface area contributed by atoms with E-state index in [-0.39, 0.29) is 11.0 Å². The second-order valence-corrected chi connectivity index (χ2v) is 2.44. The highest BCUT2D eigenvalue weighted by molar-refractivity contribution is 6.83. The van der Waals surface area contributed by atoms with Crippen LogP contribution in [0.1, 0.15) is 19.8 Å². The van der Waals surface area contributed by atoms with Crippen LogP contribution >= 0.6 is 11.6 Å². The zero-order valence-electron chi connectivity index (χ0n) is 6.87. The monoisotopic (exact) mass is 189 g/mol. The average Bonchev–Trinajstić information content (AvgIpc) is 2.10. The summed E-state index contributed by atoms with van der Waals surface area (Å²) in [6.45, 7) is 2.06. The van der Waals surface area contributed by atoms with Crippen molar-refractivity contribution in [3.8, 4) is 0 Å². The fraction of sp³-hybridized carbons (Fsp3) is 0.429. The summed E-state index contributed by atoms with van der Waals surface area (Å²) in [5.41, 5.74) is 5.29. The van der Waals surface area contributed by atoms with Crippen molar-refractivity contribution in [2.45, 2.75) is 19.8 Å². The van der Waals surface area contributed by atoms with Crippen molar-refractivity contribution < 1.29 is 5.21 Å². The second-order valence-electron chi connectivity index (χ2n) is 2.08. The van der Waals surface area contributed by atoms with Gasteiger partial charge in [-0.1, -0.05) is 36.2 Å². The van der Waals surface area contributed by atoms with E-state index in [0.29, 0.717) is 0 Å². The van der Waals surface area contributed by atoms with Crippen LogP contribution in [0, 0.1) is 0 Å². The molecule has 0 spiro atoms. The molecule has 0 aliphatic carbocycles. The van der Waals surface area contributed by atoms with E-state index in [1.165, 1.54) is 6.20 Å². The summed E-state index contributed by atoms with van der Waals surface area (Å²) in [4.78, 5) is 3.72. The molecule has 0 amide bonds. The first-order valence-corrected chi connectivity index (χ1v) is 3.96. The van der Waals surface area contributed by atoms with Crippen molar-refractivity contribution in [2.75, 3.05) is 0 Å². The summed E-state index contributed by atoms with van der Waals surface area (Å²) in [5.74, 6) is 0.00604. The first kappa shape index (κ1) is 11.0. The number of nitrogens with two attached hydrogens (primary N) is 1. The molecule has 5 heteroatoms. The third kappa shape index (κ3) is 4.73. The molecule has 0 heterocycles. The molecule has 0 aromatic rings. The number of allylic oxidation sites excluding steroid dienone is 1. The van der Waals surface area contributed by atoms with Gasteiger partial charge in [0.05, 0.1) is 0 Å². The van der Waals surface area contributed by atoms with Gasteiger partial charge in [0, 0.05) is 6.20 Å². The minimum absolute atomic E-state index is 0.00604. The Labute approximate surface area is 76.4 Å². The molecule has 4 nitrogen and oxygen atoms in total. The Morgan fingerprint density at radius 3 is 2.83 bits per heavy atom. The Kier molecular flexibility index (Phi) is 6.09. The molecule has 68 valence electrons. The van der Waals surface area contributed by atoms with Crippen molar-refractivity contribution in [1.29, 1.82) is 0 Å². The van der Waals surface area contributed by atoms with Crippen molar-refractivity contribution >= 4 is 22.6 Å². The maximum Gasteiger partial charge on any atom is 0.210 e. The third-order valence-electron chi connectivity index (χ3n) is 1.07. The topological polar surface area (TPSA) is 71.0 Å². The van der Waals surface area contributed by atoms with Crippen LogP contribution in [0.2, 0.25) is 0 Å². The first-order valence-electron chi connectivity index (χ1n) is 3.58. The molecule has 0 unspecified atom stereocenters. The highest BCUT2D eigenvalue weighted by Crippen LogP contribution is 1.90. The standard InChI is InChI=1S/C7H12ClN3O/c1-2-3-4-5-10-7(9)6(8)11-12/h4-5,12H,2-3H2,1H3,(H2,9,10)/b5-4-,11-6+. The van der Waals surface area contributed by atoms with Gasteiger partial charge in [-0.2, -0.15) is 0 Å². The molecule has 0 fully saturated rings. The number of oxime groups is 1. The van der Waals surface area contributed by atoms with Crippen LogP contribution in [0.25, 0.3) is 0 Å². The molecule has 0 saturated carbocycles. The molecule has 0 saturated heterocycles. The molecule has 0 radical (unpaired) electrons. The molecule has 0 aromatic heterocycles. The van der Waals surface area contributed by atoms with Gasteiger partial charge in [-0.15, -0.1) is 0 Å². The highest BCUT2D eigenvalue weighted by atomic mass is 35.5. The van der Waals surface area contributed by atoms with E-state index in [0.717, 1.165) is 12.8 Å². The number of aliphatic imine (C=N–C) groups is 1. The lowest BCUT2D eigenvalue weighted by molar-refractivity contribution is 0.321. The minimum atomic E-state index is -0.198. The molecule has 0 rings (SSSR count). The number of unbranched alkanes of at least 4 members (excludes halogenated alkanes) is 1. The van der Waals surface area contributed by atoms with Gasteiger partial charge < -0.3 is 10.9 Å². The number of nitrogens with zero attached hydrogens (tertiary/aromatic N) is 2. The smallest absolute Gasteiger partial charge is 0.210 e. The molecule has 0 aliphatic heterocycles. The van der Waals surface area contributed by atoms with Crippen LogP contribution in [-0.2, 0) is 0 Å². The van der Waals surface area contributed by atoms with Gasteiger partial charge in [0.25, 0.3) is 0 Å². The Hall–Kier alpha value is -1.03. The lowest BCUT2D eigenvalue weighted by Gasteiger charge is -1.90. The van der Waals surface area contributed by atoms with Crippen molar-refractivity contribution in [3.05, 3.63) is 12.3 Å². The van der Waals surface area contributed by atoms with E-state index in [2.05, 4.69) is 17.1 Å². The normalized spacial score (nSPS) is 14.2. The van der Waals surface area contributed by atoms with Gasteiger partial charge in [-0.25, -0.2) is 4.99 Å². The van der Waals surface area contributed by atoms with Crippen LogP contribution in [0.15, 0.2) is 22.4 Å². The highest BCUT2D eigenvalue weighted by Gasteiger charge is 1.97. The Morgan fingerprint density at radius 2 is 2.33 bits per heavy atom. The maximum atomic E-state index is 8.18. The Morgan fingerprint density at radius 1 is 1.67 bits per heavy atom. The average molecular weight is 190 g/mol. The molecule has 0 aliphatic rings. The zero-order chi connectivity index (χ0) is 9.40. The van der Waals surface area contributed by atoms with Gasteiger partial charge in [-0.05, 0) is 6.42 Å². The van der Waals surface area contributed by atoms with Gasteiger partial charge in [0.15, 0.2) is 5.84 Å². The number of hydrogen-bond donors (Lipinski definition) is 2. The predicted octanol–water partition coefficient (Wildman–Crippen LogP) is 1.68. The summed E-state index contributed by atoms with van der Waals surface area (Å²) in [6, 6.07) is 0. The fourth-order valence-electron chi connectivity index (χ4n) is 0.479. The number of rotatable bonds is 4. The molecular weight excluding hydrogens is 178 g/mol. The molecule has 0 bridgehead atoms. The lowest BCUT2D eigenvalue weighted by Crippen LogP contribution is -2.18. The van der Waals surface area contributed by atoms with Crippen molar-refractivity contribution in [1.82, 2.24) is 0 Å². The Bertz CT molecular complexity index is 211. The minimum Gasteiger partial charge on any atom is -0.410 e. The molecular formula is C7H12ClN3O. The van der Waals surface area contributed by atoms with Crippen LogP contribution in [0.3, 0.4) is 0 Å². The molecule has 0 atom stereocenters. The van der Waals surface area contributed by atoms with Crippen LogP contribution in [0.4, 0.5) is 0 Å². The summed E-state index contributed by atoms with van der Waals surface area (Å²) in [5, 5.41) is 10.7. The number of halogens is 1. The van der Waals surface area contributed by atoms with Gasteiger partial charge in [0.2, 0.25) is 5.17 Å². The fourth-order valence-corrected chi connectivity index (χ4v) is 0.527. The Balaban J connectivity index is 4.00. The summed E-state index contributed by atoms with van der Waals surface area (Å²) in [6.07, 6.45) is 5.37. The van der Waals surface area contributed by atoms with E-state index in [4.69, 9.17) is 22.5 Å². The summed E-state index contributed by atoms with van der Waals surface area (Å²) in [7, 11) is 0. The second kappa shape index (κ2) is 6.67. The number of amidine groups is 1. The SMILES string of the molecule is CCC\C=C/N=C(N)\C(Cl)=N/O. The summed E-state index contributed by atoms with van der Waals surface area (Å²) >= 11 is 5.34. The maximum absolute atomic E-state index is 8.18. The first-order chi connectivity index (χ1) is 5.72. The molecule has 12 heavy (non-hydrogen) atoms. The van der Waals surface area contributed by atoms with Gasteiger partial charge in [-0.3, -0.25) is 0 Å². The van der Waals surface area contributed by atoms with Crippen molar-refractivity contribution in [2.24, 2.45) is 15.9 Å². The van der Waals surface area contributed by atoms with E-state index in [1.807, 2.05) is 6.08 Å². The van der Waals surface area contributed by atoms with E-state index < -0.39 is 0 Å². The molecule has 3 N–H and O–H groups in total. The number of hydrogen-bond acceptors (Lipinski definition) is 3. The van der Waals surface area contributed by atoms with Crippen LogP contribution in [0.5, 0.6) is 0 Å². The molecule has 0 aromatic carbocycles. The summed E-state index contributed by atoms with van der Waals surface area (Å²) < 4.78 is 0.